The van der Waals surface area contributed by atoms with Crippen LogP contribution in [0.25, 0.3) is 10.9 Å². The molecule has 2 unspecified atom stereocenters. The minimum absolute atomic E-state index is 0.174. The first kappa shape index (κ1) is 15.1. The molecule has 7 heteroatoms. The molecule has 2 bridgehead atoms. The van der Waals surface area contributed by atoms with Crippen molar-refractivity contribution in [2.75, 3.05) is 13.1 Å². The third-order valence-electron chi connectivity index (χ3n) is 5.06. The first-order chi connectivity index (χ1) is 11.6. The molecule has 0 spiro atoms. The summed E-state index contributed by atoms with van der Waals surface area (Å²) in [6.45, 7) is 1.11. The summed E-state index contributed by atoms with van der Waals surface area (Å²) in [6.07, 6.45) is 3.16. The third-order valence-corrected chi connectivity index (χ3v) is 5.06. The summed E-state index contributed by atoms with van der Waals surface area (Å²) in [5.74, 6) is -0.174. The number of aromatic nitrogens is 2. The number of amides is 1. The Hall–Kier alpha value is -2.41. The summed E-state index contributed by atoms with van der Waals surface area (Å²) < 4.78 is 1.00. The average Bonchev–Trinajstić information content (AvgIpc) is 2.90. The summed E-state index contributed by atoms with van der Waals surface area (Å²) >= 11 is 0. The van der Waals surface area contributed by atoms with Gasteiger partial charge in [0.25, 0.3) is 5.56 Å². The van der Waals surface area contributed by atoms with E-state index in [1.165, 1.54) is 0 Å². The molecule has 2 saturated heterocycles. The Morgan fingerprint density at radius 2 is 1.92 bits per heavy atom. The maximum atomic E-state index is 12.6. The lowest BCUT2D eigenvalue weighted by molar-refractivity contribution is -0.132. The standard InChI is InChI=1S/C17H20N4O3/c22-15(20-8-7-11-5-6-12(9-20)18-11)10-21-16(23)13-3-1-2-4-14(13)19-17(21)24/h1-4,11-12,18H,5-10H2,(H,19,24). The number of nitrogens with one attached hydrogen (secondary N) is 2. The minimum Gasteiger partial charge on any atom is -0.340 e. The molecule has 24 heavy (non-hydrogen) atoms. The Balaban J connectivity index is 1.61. The molecule has 2 aliphatic heterocycles. The van der Waals surface area contributed by atoms with Gasteiger partial charge in [0.15, 0.2) is 0 Å². The van der Waals surface area contributed by atoms with Crippen LogP contribution in [0.15, 0.2) is 33.9 Å². The molecule has 126 valence electrons. The highest BCUT2D eigenvalue weighted by Crippen LogP contribution is 2.20. The maximum absolute atomic E-state index is 12.6. The summed E-state index contributed by atoms with van der Waals surface area (Å²) in [5, 5.41) is 3.94. The van der Waals surface area contributed by atoms with E-state index in [4.69, 9.17) is 0 Å². The number of nitrogens with zero attached hydrogens (tertiary/aromatic N) is 2. The summed E-state index contributed by atoms with van der Waals surface area (Å²) in [4.78, 5) is 41.8. The van der Waals surface area contributed by atoms with Crippen LogP contribution in [0.4, 0.5) is 0 Å². The van der Waals surface area contributed by atoms with Crippen molar-refractivity contribution in [3.63, 3.8) is 0 Å². The number of fused-ring (bicyclic) bond motifs is 3. The van der Waals surface area contributed by atoms with E-state index in [0.717, 1.165) is 23.8 Å². The van der Waals surface area contributed by atoms with Crippen molar-refractivity contribution in [3.05, 3.63) is 45.1 Å². The largest absolute Gasteiger partial charge is 0.340 e. The molecule has 2 fully saturated rings. The number of aromatic amines is 1. The zero-order valence-electron chi connectivity index (χ0n) is 13.3. The van der Waals surface area contributed by atoms with E-state index in [9.17, 15) is 14.4 Å². The van der Waals surface area contributed by atoms with Crippen molar-refractivity contribution in [2.24, 2.45) is 0 Å². The molecule has 7 nitrogen and oxygen atoms in total. The predicted molar refractivity (Wildman–Crippen MR) is 90.0 cm³/mol. The first-order valence-corrected chi connectivity index (χ1v) is 8.37. The van der Waals surface area contributed by atoms with E-state index in [0.29, 0.717) is 36.1 Å². The molecule has 0 aliphatic carbocycles. The number of H-pyrrole nitrogens is 1. The fourth-order valence-corrected chi connectivity index (χ4v) is 3.75. The van der Waals surface area contributed by atoms with Gasteiger partial charge in [-0.15, -0.1) is 0 Å². The van der Waals surface area contributed by atoms with Gasteiger partial charge in [-0.1, -0.05) is 12.1 Å². The Labute approximate surface area is 138 Å². The summed E-state index contributed by atoms with van der Waals surface area (Å²) in [5.41, 5.74) is -0.467. The number of benzene rings is 1. The predicted octanol–water partition coefficient (Wildman–Crippen LogP) is 0.0427. The minimum atomic E-state index is -0.540. The van der Waals surface area contributed by atoms with Gasteiger partial charge >= 0.3 is 5.69 Å². The zero-order chi connectivity index (χ0) is 16.7. The quantitative estimate of drug-likeness (QED) is 0.815. The fraction of sp³-hybridized carbons (Fsp3) is 0.471. The van der Waals surface area contributed by atoms with Gasteiger partial charge in [0.1, 0.15) is 6.54 Å². The van der Waals surface area contributed by atoms with Gasteiger partial charge in [-0.2, -0.15) is 0 Å². The van der Waals surface area contributed by atoms with Crippen LogP contribution in [0, 0.1) is 0 Å². The highest BCUT2D eigenvalue weighted by molar-refractivity contribution is 5.79. The molecule has 2 N–H and O–H groups in total. The summed E-state index contributed by atoms with van der Waals surface area (Å²) in [7, 11) is 0. The van der Waals surface area contributed by atoms with Gasteiger partial charge in [0.05, 0.1) is 10.9 Å². The first-order valence-electron chi connectivity index (χ1n) is 8.37. The van der Waals surface area contributed by atoms with Crippen LogP contribution in [-0.2, 0) is 11.3 Å². The lowest BCUT2D eigenvalue weighted by Crippen LogP contribution is -2.45. The van der Waals surface area contributed by atoms with Crippen molar-refractivity contribution in [1.29, 1.82) is 0 Å². The fourth-order valence-electron chi connectivity index (χ4n) is 3.75. The van der Waals surface area contributed by atoms with Crippen molar-refractivity contribution in [3.8, 4) is 0 Å². The zero-order valence-corrected chi connectivity index (χ0v) is 13.3. The van der Waals surface area contributed by atoms with Gasteiger partial charge in [0.2, 0.25) is 5.91 Å². The monoisotopic (exact) mass is 328 g/mol. The lowest BCUT2D eigenvalue weighted by Gasteiger charge is -2.24. The molecular formula is C17H20N4O3. The normalized spacial score (nSPS) is 23.4. The van der Waals surface area contributed by atoms with Crippen LogP contribution in [0.3, 0.4) is 0 Å². The van der Waals surface area contributed by atoms with Gasteiger partial charge in [-0.3, -0.25) is 14.2 Å². The number of carbonyl (C=O) groups is 1. The topological polar surface area (TPSA) is 87.2 Å². The second-order valence-electron chi connectivity index (χ2n) is 6.63. The number of para-hydroxylation sites is 1. The van der Waals surface area contributed by atoms with E-state index < -0.39 is 11.2 Å². The second kappa shape index (κ2) is 5.90. The van der Waals surface area contributed by atoms with E-state index in [2.05, 4.69) is 10.3 Å². The van der Waals surface area contributed by atoms with Gasteiger partial charge in [0, 0.05) is 25.2 Å². The highest BCUT2D eigenvalue weighted by atomic mass is 16.2. The number of rotatable bonds is 2. The van der Waals surface area contributed by atoms with E-state index >= 15 is 0 Å². The average molecular weight is 328 g/mol. The SMILES string of the molecule is O=C(Cn1c(=O)[nH]c2ccccc2c1=O)N1CCC2CCC(C1)N2. The van der Waals surface area contributed by atoms with Gasteiger partial charge in [-0.25, -0.2) is 4.79 Å². The lowest BCUT2D eigenvalue weighted by atomic mass is 10.1. The van der Waals surface area contributed by atoms with Crippen LogP contribution >= 0.6 is 0 Å². The molecular weight excluding hydrogens is 308 g/mol. The molecule has 1 aromatic carbocycles. The maximum Gasteiger partial charge on any atom is 0.329 e. The number of carbonyl (C=O) groups excluding carboxylic acids is 1. The summed E-state index contributed by atoms with van der Waals surface area (Å²) in [6, 6.07) is 7.65. The smallest absolute Gasteiger partial charge is 0.329 e. The molecule has 2 aromatic rings. The molecule has 2 atom stereocenters. The molecule has 4 rings (SSSR count). The molecule has 2 aliphatic rings. The van der Waals surface area contributed by atoms with Crippen molar-refractivity contribution < 1.29 is 4.79 Å². The Kier molecular flexibility index (Phi) is 3.72. The Morgan fingerprint density at radius 1 is 1.12 bits per heavy atom. The van der Waals surface area contributed by atoms with Crippen molar-refractivity contribution >= 4 is 16.8 Å². The molecule has 3 heterocycles. The van der Waals surface area contributed by atoms with Crippen LogP contribution in [-0.4, -0.2) is 45.5 Å². The van der Waals surface area contributed by atoms with Crippen LogP contribution in [0.2, 0.25) is 0 Å². The van der Waals surface area contributed by atoms with Crippen LogP contribution in [0.5, 0.6) is 0 Å². The van der Waals surface area contributed by atoms with E-state index in [1.54, 1.807) is 29.2 Å². The van der Waals surface area contributed by atoms with E-state index in [-0.39, 0.29) is 12.5 Å². The second-order valence-corrected chi connectivity index (χ2v) is 6.63. The Morgan fingerprint density at radius 3 is 2.79 bits per heavy atom. The van der Waals surface area contributed by atoms with Gasteiger partial charge < -0.3 is 15.2 Å². The Bertz CT molecular complexity index is 901. The molecule has 1 amide bonds. The molecule has 0 saturated carbocycles. The number of hydrogen-bond donors (Lipinski definition) is 2. The van der Waals surface area contributed by atoms with Gasteiger partial charge in [-0.05, 0) is 31.4 Å². The van der Waals surface area contributed by atoms with Crippen LogP contribution in [0.1, 0.15) is 19.3 Å². The molecule has 1 aromatic heterocycles. The third kappa shape index (κ3) is 2.65. The van der Waals surface area contributed by atoms with Crippen molar-refractivity contribution in [2.45, 2.75) is 37.9 Å². The number of likely N-dealkylation sites (tertiary alicyclic amines) is 1. The van der Waals surface area contributed by atoms with E-state index in [1.807, 2.05) is 0 Å². The molecule has 0 radical (unpaired) electrons. The van der Waals surface area contributed by atoms with Crippen LogP contribution < -0.4 is 16.6 Å². The van der Waals surface area contributed by atoms with Crippen molar-refractivity contribution in [1.82, 2.24) is 19.8 Å². The number of hydrogen-bond acceptors (Lipinski definition) is 4. The highest BCUT2D eigenvalue weighted by Gasteiger charge is 2.31.